The number of hydrogen-bond donors (Lipinski definition) is 0. The van der Waals surface area contributed by atoms with Crippen LogP contribution in [-0.2, 0) is 0 Å². The van der Waals surface area contributed by atoms with Crippen molar-refractivity contribution in [3.63, 3.8) is 0 Å². The molecule has 1 aliphatic carbocycles. The van der Waals surface area contributed by atoms with Gasteiger partial charge >= 0.3 is 0 Å². The Bertz CT molecular complexity index is 194. The molecule has 0 bridgehead atoms. The van der Waals surface area contributed by atoms with Gasteiger partial charge in [-0.15, -0.1) is 11.8 Å². The Kier molecular flexibility index (Phi) is 4.36. The summed E-state index contributed by atoms with van der Waals surface area (Å²) in [7, 11) is 0. The molecule has 0 spiro atoms. The van der Waals surface area contributed by atoms with E-state index in [1.807, 2.05) is 6.92 Å². The van der Waals surface area contributed by atoms with E-state index in [-0.39, 0.29) is 0 Å². The molecular weight excluding hydrogens is 156 g/mol. The Morgan fingerprint density at radius 3 is 2.62 bits per heavy atom. The van der Waals surface area contributed by atoms with Gasteiger partial charge in [0.2, 0.25) is 0 Å². The largest absolute Gasteiger partial charge is 0.106 e. The maximum absolute atomic E-state index is 3.23. The smallest absolute Gasteiger partial charge is 0.0174 e. The Morgan fingerprint density at radius 2 is 2.00 bits per heavy atom. The first kappa shape index (κ1) is 10.6. The van der Waals surface area contributed by atoms with Crippen LogP contribution in [0.1, 0.15) is 52.9 Å². The summed E-state index contributed by atoms with van der Waals surface area (Å²) in [5.74, 6) is 8.97. The summed E-state index contributed by atoms with van der Waals surface area (Å²) in [6.07, 6.45) is 7.05. The molecule has 1 rings (SSSR count). The topological polar surface area (TPSA) is 0 Å². The minimum atomic E-state index is 0.618. The van der Waals surface area contributed by atoms with E-state index in [2.05, 4.69) is 25.7 Å². The van der Waals surface area contributed by atoms with E-state index in [0.29, 0.717) is 5.92 Å². The first-order valence-corrected chi connectivity index (χ1v) is 5.70. The van der Waals surface area contributed by atoms with Crippen molar-refractivity contribution in [3.05, 3.63) is 0 Å². The summed E-state index contributed by atoms with van der Waals surface area (Å²) in [6.45, 7) is 6.47. The van der Waals surface area contributed by atoms with Gasteiger partial charge in [0.25, 0.3) is 0 Å². The molecule has 0 amide bonds. The molecule has 3 atom stereocenters. The zero-order chi connectivity index (χ0) is 9.68. The maximum Gasteiger partial charge on any atom is 0.0174 e. The number of rotatable bonds is 5. The van der Waals surface area contributed by atoms with E-state index in [1.54, 1.807) is 0 Å². The van der Waals surface area contributed by atoms with Gasteiger partial charge in [0.15, 0.2) is 0 Å². The molecule has 0 heterocycles. The van der Waals surface area contributed by atoms with E-state index >= 15 is 0 Å². The Labute approximate surface area is 83.1 Å². The Balaban J connectivity index is 2.04. The van der Waals surface area contributed by atoms with Gasteiger partial charge in [0.05, 0.1) is 0 Å². The highest BCUT2D eigenvalue weighted by Crippen LogP contribution is 2.45. The van der Waals surface area contributed by atoms with Crippen LogP contribution in [0.2, 0.25) is 0 Å². The second-order valence-corrected chi connectivity index (χ2v) is 4.42. The zero-order valence-corrected chi connectivity index (χ0v) is 9.27. The van der Waals surface area contributed by atoms with Crippen LogP contribution >= 0.6 is 0 Å². The molecule has 0 heteroatoms. The van der Waals surface area contributed by atoms with Crippen LogP contribution in [0, 0.1) is 29.6 Å². The SMILES string of the molecule is CC#CC(C)CCC1CC1CCC. The third-order valence-electron chi connectivity index (χ3n) is 3.09. The van der Waals surface area contributed by atoms with E-state index in [0.717, 1.165) is 11.8 Å². The van der Waals surface area contributed by atoms with E-state index in [9.17, 15) is 0 Å². The van der Waals surface area contributed by atoms with Gasteiger partial charge in [-0.05, 0) is 38.0 Å². The zero-order valence-electron chi connectivity index (χ0n) is 9.27. The molecular formula is C13H22. The lowest BCUT2D eigenvalue weighted by Gasteiger charge is -2.02. The second-order valence-electron chi connectivity index (χ2n) is 4.42. The van der Waals surface area contributed by atoms with Gasteiger partial charge < -0.3 is 0 Å². The molecule has 0 nitrogen and oxygen atoms in total. The third kappa shape index (κ3) is 3.85. The van der Waals surface area contributed by atoms with Crippen LogP contribution in [0.4, 0.5) is 0 Å². The fourth-order valence-corrected chi connectivity index (χ4v) is 2.17. The van der Waals surface area contributed by atoms with Gasteiger partial charge in [0.1, 0.15) is 0 Å². The molecule has 0 aliphatic heterocycles. The highest BCUT2D eigenvalue weighted by molar-refractivity contribution is 4.99. The summed E-state index contributed by atoms with van der Waals surface area (Å²) in [4.78, 5) is 0. The van der Waals surface area contributed by atoms with Gasteiger partial charge in [-0.2, -0.15) is 0 Å². The van der Waals surface area contributed by atoms with Crippen molar-refractivity contribution < 1.29 is 0 Å². The van der Waals surface area contributed by atoms with E-state index in [1.165, 1.54) is 32.1 Å². The average Bonchev–Trinajstić information content (AvgIpc) is 2.82. The fourth-order valence-electron chi connectivity index (χ4n) is 2.17. The minimum absolute atomic E-state index is 0.618. The predicted molar refractivity (Wildman–Crippen MR) is 58.4 cm³/mol. The van der Waals surface area contributed by atoms with Crippen LogP contribution in [0.25, 0.3) is 0 Å². The summed E-state index contributed by atoms with van der Waals surface area (Å²) < 4.78 is 0. The molecule has 74 valence electrons. The molecule has 0 aromatic heterocycles. The van der Waals surface area contributed by atoms with Gasteiger partial charge in [0, 0.05) is 5.92 Å². The van der Waals surface area contributed by atoms with Gasteiger partial charge in [-0.1, -0.05) is 26.7 Å². The van der Waals surface area contributed by atoms with Gasteiger partial charge in [-0.25, -0.2) is 0 Å². The lowest BCUT2D eigenvalue weighted by molar-refractivity contribution is 0.536. The number of hydrogen-bond acceptors (Lipinski definition) is 0. The summed E-state index contributed by atoms with van der Waals surface area (Å²) in [5, 5.41) is 0. The lowest BCUT2D eigenvalue weighted by atomic mass is 10.0. The van der Waals surface area contributed by atoms with Crippen molar-refractivity contribution in [2.45, 2.75) is 52.9 Å². The van der Waals surface area contributed by atoms with Crippen LogP contribution < -0.4 is 0 Å². The van der Waals surface area contributed by atoms with Gasteiger partial charge in [-0.3, -0.25) is 0 Å². The summed E-state index contributed by atoms with van der Waals surface area (Å²) in [6, 6.07) is 0. The minimum Gasteiger partial charge on any atom is -0.106 e. The molecule has 0 radical (unpaired) electrons. The standard InChI is InChI=1S/C13H22/c1-4-6-11(3)8-9-13-10-12(13)7-5-2/h11-13H,5,7-10H2,1-3H3. The average molecular weight is 178 g/mol. The van der Waals surface area contributed by atoms with Crippen LogP contribution in [0.3, 0.4) is 0 Å². The van der Waals surface area contributed by atoms with Crippen LogP contribution in [0.5, 0.6) is 0 Å². The molecule has 0 aromatic rings. The Morgan fingerprint density at radius 1 is 1.31 bits per heavy atom. The van der Waals surface area contributed by atoms with E-state index in [4.69, 9.17) is 0 Å². The predicted octanol–water partition coefficient (Wildman–Crippen LogP) is 3.86. The summed E-state index contributed by atoms with van der Waals surface area (Å²) in [5.41, 5.74) is 0. The van der Waals surface area contributed by atoms with Crippen molar-refractivity contribution >= 4 is 0 Å². The third-order valence-corrected chi connectivity index (χ3v) is 3.09. The molecule has 3 unspecified atom stereocenters. The first-order chi connectivity index (χ1) is 6.27. The quantitative estimate of drug-likeness (QED) is 0.561. The monoisotopic (exact) mass is 178 g/mol. The maximum atomic E-state index is 3.23. The first-order valence-electron chi connectivity index (χ1n) is 5.70. The molecule has 1 aliphatic rings. The second kappa shape index (κ2) is 5.32. The highest BCUT2D eigenvalue weighted by Gasteiger charge is 2.35. The molecule has 0 N–H and O–H groups in total. The van der Waals surface area contributed by atoms with Crippen molar-refractivity contribution in [1.29, 1.82) is 0 Å². The molecule has 1 fully saturated rings. The van der Waals surface area contributed by atoms with Crippen LogP contribution in [-0.4, -0.2) is 0 Å². The highest BCUT2D eigenvalue weighted by atomic mass is 14.4. The molecule has 0 saturated heterocycles. The lowest BCUT2D eigenvalue weighted by Crippen LogP contribution is -1.92. The van der Waals surface area contributed by atoms with Crippen molar-refractivity contribution in [3.8, 4) is 11.8 Å². The van der Waals surface area contributed by atoms with Crippen molar-refractivity contribution in [1.82, 2.24) is 0 Å². The molecule has 13 heavy (non-hydrogen) atoms. The molecule has 1 saturated carbocycles. The van der Waals surface area contributed by atoms with Crippen molar-refractivity contribution in [2.24, 2.45) is 17.8 Å². The Hall–Kier alpha value is -0.440. The van der Waals surface area contributed by atoms with Crippen molar-refractivity contribution in [2.75, 3.05) is 0 Å². The normalized spacial score (nSPS) is 27.6. The van der Waals surface area contributed by atoms with E-state index < -0.39 is 0 Å². The summed E-state index contributed by atoms with van der Waals surface area (Å²) >= 11 is 0. The van der Waals surface area contributed by atoms with Crippen LogP contribution in [0.15, 0.2) is 0 Å². The fraction of sp³-hybridized carbons (Fsp3) is 0.846. The molecule has 0 aromatic carbocycles.